The van der Waals surface area contributed by atoms with Crippen LogP contribution in [0, 0.1) is 11.3 Å². The van der Waals surface area contributed by atoms with Gasteiger partial charge in [-0.15, -0.1) is 0 Å². The molecule has 0 bridgehead atoms. The van der Waals surface area contributed by atoms with Crippen LogP contribution in [-0.4, -0.2) is 64.1 Å². The third-order valence-corrected chi connectivity index (χ3v) is 5.48. The van der Waals surface area contributed by atoms with Crippen molar-refractivity contribution in [2.75, 3.05) is 46.4 Å². The van der Waals surface area contributed by atoms with Crippen molar-refractivity contribution in [1.82, 2.24) is 9.21 Å². The predicted molar refractivity (Wildman–Crippen MR) is 78.2 cm³/mol. The third-order valence-electron chi connectivity index (χ3n) is 3.56. The fourth-order valence-electron chi connectivity index (χ4n) is 2.26. The van der Waals surface area contributed by atoms with Crippen LogP contribution in [0.15, 0.2) is 29.2 Å². The van der Waals surface area contributed by atoms with Crippen molar-refractivity contribution in [2.45, 2.75) is 4.90 Å². The molecule has 7 heteroatoms. The molecule has 1 aromatic rings. The summed E-state index contributed by atoms with van der Waals surface area (Å²) in [5.41, 5.74) is 0.457. The lowest BCUT2D eigenvalue weighted by Crippen LogP contribution is -2.49. The number of nitriles is 1. The first-order chi connectivity index (χ1) is 10.1. The Morgan fingerprint density at radius 2 is 1.81 bits per heavy atom. The van der Waals surface area contributed by atoms with E-state index in [1.165, 1.54) is 28.6 Å². The van der Waals surface area contributed by atoms with Crippen molar-refractivity contribution in [1.29, 1.82) is 5.26 Å². The summed E-state index contributed by atoms with van der Waals surface area (Å²) >= 11 is 0. The van der Waals surface area contributed by atoms with Crippen molar-refractivity contribution < 1.29 is 13.2 Å². The van der Waals surface area contributed by atoms with Gasteiger partial charge >= 0.3 is 0 Å². The number of nitrogens with zero attached hydrogens (tertiary/aromatic N) is 3. The maximum atomic E-state index is 12.5. The van der Waals surface area contributed by atoms with Crippen LogP contribution in [0.1, 0.15) is 5.56 Å². The van der Waals surface area contributed by atoms with Gasteiger partial charge in [-0.25, -0.2) is 8.42 Å². The van der Waals surface area contributed by atoms with Crippen LogP contribution in [0.5, 0.6) is 0 Å². The highest BCUT2D eigenvalue weighted by atomic mass is 32.2. The van der Waals surface area contributed by atoms with Crippen molar-refractivity contribution in [3.63, 3.8) is 0 Å². The lowest BCUT2D eigenvalue weighted by atomic mass is 10.2. The van der Waals surface area contributed by atoms with Crippen LogP contribution in [0.4, 0.5) is 0 Å². The highest BCUT2D eigenvalue weighted by Crippen LogP contribution is 2.18. The van der Waals surface area contributed by atoms with Crippen LogP contribution in [0.3, 0.4) is 0 Å². The zero-order valence-electron chi connectivity index (χ0n) is 12.0. The van der Waals surface area contributed by atoms with Gasteiger partial charge < -0.3 is 4.74 Å². The number of methoxy groups -OCH3 is 1. The lowest BCUT2D eigenvalue weighted by Gasteiger charge is -2.33. The maximum absolute atomic E-state index is 12.5. The van der Waals surface area contributed by atoms with Gasteiger partial charge in [0.25, 0.3) is 0 Å². The molecular weight excluding hydrogens is 290 g/mol. The summed E-state index contributed by atoms with van der Waals surface area (Å²) in [5.74, 6) is 0. The molecule has 1 heterocycles. The van der Waals surface area contributed by atoms with E-state index in [-0.39, 0.29) is 4.90 Å². The molecule has 21 heavy (non-hydrogen) atoms. The average Bonchev–Trinajstić information content (AvgIpc) is 2.53. The Morgan fingerprint density at radius 3 is 2.33 bits per heavy atom. The Hall–Kier alpha value is -1.46. The normalized spacial score (nSPS) is 17.5. The Kier molecular flexibility index (Phi) is 5.31. The van der Waals surface area contributed by atoms with Gasteiger partial charge in [0, 0.05) is 39.8 Å². The van der Waals surface area contributed by atoms with E-state index in [1.54, 1.807) is 7.11 Å². The minimum absolute atomic E-state index is 0.242. The van der Waals surface area contributed by atoms with Crippen LogP contribution in [0.25, 0.3) is 0 Å². The Balaban J connectivity index is 2.02. The molecule has 0 atom stereocenters. The minimum atomic E-state index is -3.46. The molecule has 0 radical (unpaired) electrons. The van der Waals surface area contributed by atoms with E-state index < -0.39 is 10.0 Å². The highest BCUT2D eigenvalue weighted by Gasteiger charge is 2.28. The number of hydrogen-bond donors (Lipinski definition) is 0. The Morgan fingerprint density at radius 1 is 1.19 bits per heavy atom. The van der Waals surface area contributed by atoms with E-state index in [0.717, 1.165) is 6.54 Å². The number of sulfonamides is 1. The number of rotatable bonds is 5. The summed E-state index contributed by atoms with van der Waals surface area (Å²) in [6, 6.07) is 8.03. The maximum Gasteiger partial charge on any atom is 0.243 e. The van der Waals surface area contributed by atoms with E-state index >= 15 is 0 Å². The fourth-order valence-corrected chi connectivity index (χ4v) is 3.69. The van der Waals surface area contributed by atoms with E-state index in [4.69, 9.17) is 10.00 Å². The highest BCUT2D eigenvalue weighted by molar-refractivity contribution is 7.89. The first-order valence-corrected chi connectivity index (χ1v) is 8.23. The van der Waals surface area contributed by atoms with Gasteiger partial charge in [-0.2, -0.15) is 9.57 Å². The predicted octanol–water partition coefficient (Wildman–Crippen LogP) is 0.511. The Bertz CT molecular complexity index is 599. The van der Waals surface area contributed by atoms with Gasteiger partial charge in [0.1, 0.15) is 0 Å². The largest absolute Gasteiger partial charge is 0.383 e. The fraction of sp³-hybridized carbons (Fsp3) is 0.500. The number of benzene rings is 1. The van der Waals surface area contributed by atoms with Gasteiger partial charge in [-0.3, -0.25) is 4.90 Å². The minimum Gasteiger partial charge on any atom is -0.383 e. The van der Waals surface area contributed by atoms with Crippen molar-refractivity contribution in [3.8, 4) is 6.07 Å². The van der Waals surface area contributed by atoms with Crippen LogP contribution < -0.4 is 0 Å². The number of piperazine rings is 1. The second kappa shape index (κ2) is 7.00. The molecule has 1 aromatic carbocycles. The van der Waals surface area contributed by atoms with Crippen LogP contribution >= 0.6 is 0 Å². The molecule has 0 N–H and O–H groups in total. The molecule has 0 aliphatic carbocycles. The topological polar surface area (TPSA) is 73.6 Å². The van der Waals surface area contributed by atoms with Gasteiger partial charge in [-0.05, 0) is 24.3 Å². The smallest absolute Gasteiger partial charge is 0.243 e. The zero-order chi connectivity index (χ0) is 15.3. The summed E-state index contributed by atoms with van der Waals surface area (Å²) in [5, 5.41) is 8.75. The van der Waals surface area contributed by atoms with Gasteiger partial charge in [0.15, 0.2) is 0 Å². The second-order valence-electron chi connectivity index (χ2n) is 4.87. The molecule has 1 aliphatic heterocycles. The quantitative estimate of drug-likeness (QED) is 0.792. The molecule has 0 aromatic heterocycles. The van der Waals surface area contributed by atoms with E-state index in [0.29, 0.717) is 38.3 Å². The molecule has 6 nitrogen and oxygen atoms in total. The lowest BCUT2D eigenvalue weighted by molar-refractivity contribution is 0.123. The van der Waals surface area contributed by atoms with E-state index in [9.17, 15) is 8.42 Å². The molecule has 1 aliphatic rings. The van der Waals surface area contributed by atoms with E-state index in [2.05, 4.69) is 4.90 Å². The summed E-state index contributed by atoms with van der Waals surface area (Å²) in [4.78, 5) is 2.43. The summed E-state index contributed by atoms with van der Waals surface area (Å²) in [6.07, 6.45) is 0. The average molecular weight is 309 g/mol. The number of hydrogen-bond acceptors (Lipinski definition) is 5. The van der Waals surface area contributed by atoms with Crippen LogP contribution in [-0.2, 0) is 14.8 Å². The first kappa shape index (κ1) is 15.9. The number of ether oxygens (including phenoxy) is 1. The van der Waals surface area contributed by atoms with Gasteiger partial charge in [0.05, 0.1) is 23.1 Å². The van der Waals surface area contributed by atoms with Gasteiger partial charge in [0.2, 0.25) is 10.0 Å². The monoisotopic (exact) mass is 309 g/mol. The molecule has 2 rings (SSSR count). The van der Waals surface area contributed by atoms with Crippen molar-refractivity contribution in [3.05, 3.63) is 29.8 Å². The molecular formula is C14H19N3O3S. The molecule has 0 saturated carbocycles. The van der Waals surface area contributed by atoms with Gasteiger partial charge in [-0.1, -0.05) is 0 Å². The van der Waals surface area contributed by atoms with E-state index in [1.807, 2.05) is 6.07 Å². The molecule has 1 fully saturated rings. The SMILES string of the molecule is COCCN1CCN(S(=O)(=O)c2ccc(C#N)cc2)CC1. The first-order valence-electron chi connectivity index (χ1n) is 6.79. The zero-order valence-corrected chi connectivity index (χ0v) is 12.8. The summed E-state index contributed by atoms with van der Waals surface area (Å²) < 4.78 is 31.5. The molecule has 114 valence electrons. The molecule has 0 spiro atoms. The molecule has 0 amide bonds. The Labute approximate surface area is 125 Å². The third kappa shape index (κ3) is 3.80. The van der Waals surface area contributed by atoms with Crippen LogP contribution in [0.2, 0.25) is 0 Å². The second-order valence-corrected chi connectivity index (χ2v) is 6.81. The van der Waals surface area contributed by atoms with Crippen molar-refractivity contribution >= 4 is 10.0 Å². The molecule has 0 unspecified atom stereocenters. The van der Waals surface area contributed by atoms with Crippen molar-refractivity contribution in [2.24, 2.45) is 0 Å². The summed E-state index contributed by atoms with van der Waals surface area (Å²) in [6.45, 7) is 3.85. The summed E-state index contributed by atoms with van der Waals surface area (Å²) in [7, 11) is -1.81. The standard InChI is InChI=1S/C14H19N3O3S/c1-20-11-10-16-6-8-17(9-7-16)21(18,19)14-4-2-13(12-15)3-5-14/h2-5H,6-11H2,1H3. The molecule has 1 saturated heterocycles.